The molecule has 0 unspecified atom stereocenters. The molecule has 10 heteroatoms. The van der Waals surface area contributed by atoms with E-state index in [-0.39, 0.29) is 27.6 Å². The van der Waals surface area contributed by atoms with Crippen LogP contribution < -0.4 is 15.8 Å². The SMILES string of the molecule is C=C(F)C(=O)Nc1cc(C(N)=O)c(-n2ccc(-c3ccc(C(=O)O)c(OC)c3)c2)cc1Cl. The minimum Gasteiger partial charge on any atom is -0.496 e. The standard InChI is InChI=1S/C22H17ClFN3O5/c1-11(24)21(29)26-17-8-15(20(25)28)18(9-16(17)23)27-6-5-13(10-27)12-3-4-14(22(30)31)19(7-12)32-2/h3-10H,1H2,2H3,(H2,25,28)(H,26,29)(H,30,31). The van der Waals surface area contributed by atoms with Crippen molar-refractivity contribution in [2.24, 2.45) is 5.73 Å². The smallest absolute Gasteiger partial charge is 0.339 e. The van der Waals surface area contributed by atoms with Gasteiger partial charge in [-0.3, -0.25) is 9.59 Å². The van der Waals surface area contributed by atoms with Gasteiger partial charge in [-0.25, -0.2) is 9.18 Å². The van der Waals surface area contributed by atoms with Crippen molar-refractivity contribution in [2.75, 3.05) is 12.4 Å². The van der Waals surface area contributed by atoms with Crippen LogP contribution in [0, 0.1) is 0 Å². The fourth-order valence-corrected chi connectivity index (χ4v) is 3.23. The van der Waals surface area contributed by atoms with Crippen molar-refractivity contribution in [3.63, 3.8) is 0 Å². The van der Waals surface area contributed by atoms with E-state index in [9.17, 15) is 23.9 Å². The molecule has 2 amide bonds. The van der Waals surface area contributed by atoms with Gasteiger partial charge in [0.25, 0.3) is 11.8 Å². The predicted molar refractivity (Wildman–Crippen MR) is 117 cm³/mol. The van der Waals surface area contributed by atoms with Crippen LogP contribution in [0.4, 0.5) is 10.1 Å². The predicted octanol–water partition coefficient (Wildman–Crippen LogP) is 4.03. The Balaban J connectivity index is 2.04. The van der Waals surface area contributed by atoms with E-state index in [1.54, 1.807) is 35.2 Å². The number of carboxylic acids is 1. The number of aromatic nitrogens is 1. The highest BCUT2D eigenvalue weighted by Crippen LogP contribution is 2.32. The number of amides is 2. The van der Waals surface area contributed by atoms with Crippen molar-refractivity contribution in [2.45, 2.75) is 0 Å². The summed E-state index contributed by atoms with van der Waals surface area (Å²) in [7, 11) is 1.37. The third kappa shape index (κ3) is 4.47. The van der Waals surface area contributed by atoms with Gasteiger partial charge in [-0.2, -0.15) is 0 Å². The zero-order chi connectivity index (χ0) is 23.6. The normalized spacial score (nSPS) is 10.5. The molecule has 3 aromatic rings. The molecule has 0 aliphatic carbocycles. The summed E-state index contributed by atoms with van der Waals surface area (Å²) < 4.78 is 19.8. The number of nitrogens with two attached hydrogens (primary N) is 1. The average molecular weight is 458 g/mol. The number of primary amides is 1. The molecule has 8 nitrogen and oxygen atoms in total. The molecule has 0 atom stereocenters. The summed E-state index contributed by atoms with van der Waals surface area (Å²) in [6.45, 7) is 2.90. The van der Waals surface area contributed by atoms with E-state index in [0.717, 1.165) is 0 Å². The summed E-state index contributed by atoms with van der Waals surface area (Å²) in [5, 5.41) is 11.5. The van der Waals surface area contributed by atoms with Crippen molar-refractivity contribution in [1.82, 2.24) is 4.57 Å². The van der Waals surface area contributed by atoms with E-state index in [1.807, 2.05) is 0 Å². The van der Waals surface area contributed by atoms with Crippen LogP contribution >= 0.6 is 11.6 Å². The lowest BCUT2D eigenvalue weighted by Crippen LogP contribution is -2.17. The molecule has 0 fully saturated rings. The van der Waals surface area contributed by atoms with E-state index in [2.05, 4.69) is 11.9 Å². The summed E-state index contributed by atoms with van der Waals surface area (Å²) in [6.07, 6.45) is 3.32. The van der Waals surface area contributed by atoms with Gasteiger partial charge in [-0.15, -0.1) is 0 Å². The first-order valence-electron chi connectivity index (χ1n) is 9.01. The Bertz CT molecular complexity index is 1270. The topological polar surface area (TPSA) is 124 Å². The number of nitrogens with zero attached hydrogens (tertiary/aromatic N) is 1. The number of hydrogen-bond donors (Lipinski definition) is 3. The summed E-state index contributed by atoms with van der Waals surface area (Å²) >= 11 is 6.21. The van der Waals surface area contributed by atoms with Gasteiger partial charge < -0.3 is 25.5 Å². The lowest BCUT2D eigenvalue weighted by Gasteiger charge is -2.13. The molecule has 0 spiro atoms. The maximum atomic E-state index is 13.0. The Labute approximate surface area is 186 Å². The number of rotatable bonds is 7. The Morgan fingerprint density at radius 1 is 1.16 bits per heavy atom. The first kappa shape index (κ1) is 22.6. The van der Waals surface area contributed by atoms with Crippen molar-refractivity contribution in [1.29, 1.82) is 0 Å². The first-order chi connectivity index (χ1) is 15.1. The maximum Gasteiger partial charge on any atom is 0.339 e. The van der Waals surface area contributed by atoms with Crippen LogP contribution in [0.3, 0.4) is 0 Å². The summed E-state index contributed by atoms with van der Waals surface area (Å²) in [5.41, 5.74) is 7.21. The van der Waals surface area contributed by atoms with Gasteiger partial charge in [-0.1, -0.05) is 24.2 Å². The van der Waals surface area contributed by atoms with E-state index in [4.69, 9.17) is 22.1 Å². The number of hydrogen-bond acceptors (Lipinski definition) is 4. The Morgan fingerprint density at radius 3 is 2.47 bits per heavy atom. The summed E-state index contributed by atoms with van der Waals surface area (Å²) in [5.74, 6) is -4.04. The molecule has 0 aliphatic rings. The van der Waals surface area contributed by atoms with Crippen LogP contribution in [-0.4, -0.2) is 34.6 Å². The van der Waals surface area contributed by atoms with Crippen LogP contribution in [0.1, 0.15) is 20.7 Å². The molecule has 0 saturated heterocycles. The Hall–Kier alpha value is -4.11. The largest absolute Gasteiger partial charge is 0.496 e. The minimum absolute atomic E-state index is 0.00519. The van der Waals surface area contributed by atoms with Crippen molar-refractivity contribution in [3.8, 4) is 22.6 Å². The molecule has 0 radical (unpaired) electrons. The molecule has 2 aromatic carbocycles. The number of ether oxygens (including phenoxy) is 1. The zero-order valence-corrected chi connectivity index (χ0v) is 17.4. The third-order valence-corrected chi connectivity index (χ3v) is 4.89. The number of nitrogens with one attached hydrogen (secondary N) is 1. The number of benzene rings is 2. The molecule has 164 valence electrons. The van der Waals surface area contributed by atoms with Crippen molar-refractivity contribution >= 4 is 35.1 Å². The molecule has 1 heterocycles. The Morgan fingerprint density at radius 2 is 1.88 bits per heavy atom. The second-order valence-electron chi connectivity index (χ2n) is 6.60. The van der Waals surface area contributed by atoms with Gasteiger partial charge in [0.2, 0.25) is 0 Å². The molecule has 0 aliphatic heterocycles. The fourth-order valence-electron chi connectivity index (χ4n) is 3.02. The maximum absolute atomic E-state index is 13.0. The van der Waals surface area contributed by atoms with Crippen LogP contribution in [0.15, 0.2) is 61.2 Å². The van der Waals surface area contributed by atoms with Gasteiger partial charge in [0.05, 0.1) is 29.1 Å². The van der Waals surface area contributed by atoms with Gasteiger partial charge >= 0.3 is 5.97 Å². The summed E-state index contributed by atoms with van der Waals surface area (Å²) in [4.78, 5) is 34.9. The van der Waals surface area contributed by atoms with Crippen LogP contribution in [0.25, 0.3) is 16.8 Å². The molecule has 0 bridgehead atoms. The lowest BCUT2D eigenvalue weighted by molar-refractivity contribution is -0.114. The first-order valence-corrected chi connectivity index (χ1v) is 9.39. The van der Waals surface area contributed by atoms with E-state index in [0.29, 0.717) is 16.8 Å². The fraction of sp³-hybridized carbons (Fsp3) is 0.0455. The number of carbonyl (C=O) groups is 3. The average Bonchev–Trinajstić information content (AvgIpc) is 3.24. The highest BCUT2D eigenvalue weighted by Gasteiger charge is 2.18. The van der Waals surface area contributed by atoms with Crippen molar-refractivity contribution in [3.05, 3.63) is 77.3 Å². The monoisotopic (exact) mass is 457 g/mol. The number of halogens is 2. The highest BCUT2D eigenvalue weighted by atomic mass is 35.5. The third-order valence-electron chi connectivity index (χ3n) is 4.58. The summed E-state index contributed by atoms with van der Waals surface area (Å²) in [6, 6.07) is 9.00. The van der Waals surface area contributed by atoms with Crippen LogP contribution in [0.2, 0.25) is 5.02 Å². The number of carboxylic acid groups (broad SMARTS) is 1. The van der Waals surface area contributed by atoms with E-state index >= 15 is 0 Å². The number of methoxy groups -OCH3 is 1. The number of anilines is 1. The molecule has 3 rings (SSSR count). The molecule has 1 aromatic heterocycles. The van der Waals surface area contributed by atoms with Crippen molar-refractivity contribution < 1.29 is 28.6 Å². The van der Waals surface area contributed by atoms with E-state index in [1.165, 1.54) is 25.3 Å². The van der Waals surface area contributed by atoms with Crippen LogP contribution in [0.5, 0.6) is 5.75 Å². The quantitative estimate of drug-likeness (QED) is 0.462. The van der Waals surface area contributed by atoms with Gasteiger partial charge in [0, 0.05) is 12.4 Å². The number of aromatic carboxylic acids is 1. The van der Waals surface area contributed by atoms with E-state index < -0.39 is 23.6 Å². The molecule has 4 N–H and O–H groups in total. The molecular formula is C22H17ClFN3O5. The molecule has 0 saturated carbocycles. The minimum atomic E-state index is -1.22. The second-order valence-corrected chi connectivity index (χ2v) is 7.01. The van der Waals surface area contributed by atoms with Crippen LogP contribution in [-0.2, 0) is 4.79 Å². The zero-order valence-electron chi connectivity index (χ0n) is 16.7. The number of carbonyl (C=O) groups excluding carboxylic acids is 2. The lowest BCUT2D eigenvalue weighted by atomic mass is 10.1. The molecule has 32 heavy (non-hydrogen) atoms. The van der Waals surface area contributed by atoms with Gasteiger partial charge in [0.15, 0.2) is 5.83 Å². The van der Waals surface area contributed by atoms with Gasteiger partial charge in [0.1, 0.15) is 11.3 Å². The highest BCUT2D eigenvalue weighted by molar-refractivity contribution is 6.34. The Kier molecular flexibility index (Phi) is 6.31. The second kappa shape index (κ2) is 8.94. The molecular weight excluding hydrogens is 441 g/mol. The van der Waals surface area contributed by atoms with Gasteiger partial charge in [-0.05, 0) is 41.5 Å².